The van der Waals surface area contributed by atoms with Crippen molar-refractivity contribution in [3.8, 4) is 0 Å². The fourth-order valence-corrected chi connectivity index (χ4v) is 3.70. The van der Waals surface area contributed by atoms with Crippen LogP contribution in [0.15, 0.2) is 46.0 Å². The molecule has 0 atom stereocenters. The van der Waals surface area contributed by atoms with E-state index < -0.39 is 9.84 Å². The number of hydrogen-bond donors (Lipinski definition) is 0. The van der Waals surface area contributed by atoms with Crippen LogP contribution < -0.4 is 0 Å². The van der Waals surface area contributed by atoms with Crippen molar-refractivity contribution in [3.05, 3.63) is 52.2 Å². The molecule has 2 aromatic rings. The third-order valence-corrected chi connectivity index (χ3v) is 5.71. The number of hydrogen-bond acceptors (Lipinski definition) is 5. The van der Waals surface area contributed by atoms with E-state index in [2.05, 4.69) is 0 Å². The molecule has 0 saturated heterocycles. The van der Waals surface area contributed by atoms with E-state index in [0.717, 1.165) is 11.1 Å². The van der Waals surface area contributed by atoms with Gasteiger partial charge in [0.1, 0.15) is 0 Å². The van der Waals surface area contributed by atoms with E-state index in [0.29, 0.717) is 37.4 Å². The van der Waals surface area contributed by atoms with Crippen LogP contribution in [0.25, 0.3) is 0 Å². The third kappa shape index (κ3) is 6.26. The van der Waals surface area contributed by atoms with Crippen LogP contribution in [-0.2, 0) is 32.3 Å². The maximum absolute atomic E-state index is 12.6. The Morgan fingerprint density at radius 3 is 2.44 bits per heavy atom. The first-order valence-corrected chi connectivity index (χ1v) is 10.8. The molecule has 1 heterocycles. The summed E-state index contributed by atoms with van der Waals surface area (Å²) in [5.74, 6) is 0.0652. The second-order valence-corrected chi connectivity index (χ2v) is 8.65. The van der Waals surface area contributed by atoms with E-state index in [-0.39, 0.29) is 5.91 Å². The van der Waals surface area contributed by atoms with Crippen LogP contribution in [0, 0.1) is 0 Å². The van der Waals surface area contributed by atoms with Gasteiger partial charge in [-0.2, -0.15) is 11.3 Å². The predicted octanol–water partition coefficient (Wildman–Crippen LogP) is 2.76. The number of ether oxygens (including phenoxy) is 1. The molecular formula is C18H23NO4S2. The van der Waals surface area contributed by atoms with Crippen molar-refractivity contribution < 1.29 is 17.9 Å². The lowest BCUT2D eigenvalue weighted by molar-refractivity contribution is -0.132. The highest BCUT2D eigenvalue weighted by Crippen LogP contribution is 2.14. The van der Waals surface area contributed by atoms with Crippen molar-refractivity contribution >= 4 is 27.1 Å². The van der Waals surface area contributed by atoms with Crippen molar-refractivity contribution in [2.45, 2.75) is 24.3 Å². The molecule has 0 fully saturated rings. The molecule has 25 heavy (non-hydrogen) atoms. The van der Waals surface area contributed by atoms with E-state index in [9.17, 15) is 13.2 Å². The standard InChI is InChI=1S/C18H23NO4S2/c1-23-11-10-19(13-16-9-12-24-14-16)18(20)8-5-15-3-6-17(7-4-15)25(2,21)22/h3-4,6-7,9,12,14H,5,8,10-11,13H2,1-2H3. The highest BCUT2D eigenvalue weighted by molar-refractivity contribution is 7.90. The molecule has 0 N–H and O–H groups in total. The summed E-state index contributed by atoms with van der Waals surface area (Å²) in [6.07, 6.45) is 2.14. The lowest BCUT2D eigenvalue weighted by Crippen LogP contribution is -2.33. The Morgan fingerprint density at radius 2 is 1.88 bits per heavy atom. The molecule has 7 heteroatoms. The summed E-state index contributed by atoms with van der Waals surface area (Å²) in [6.45, 7) is 1.63. The van der Waals surface area contributed by atoms with Gasteiger partial charge in [0.2, 0.25) is 5.91 Å². The Labute approximate surface area is 153 Å². The van der Waals surface area contributed by atoms with E-state index in [1.165, 1.54) is 6.26 Å². The van der Waals surface area contributed by atoms with E-state index >= 15 is 0 Å². The summed E-state index contributed by atoms with van der Waals surface area (Å²) >= 11 is 1.61. The zero-order valence-electron chi connectivity index (χ0n) is 14.5. The Bertz CT molecular complexity index is 768. The van der Waals surface area contributed by atoms with Gasteiger partial charge in [-0.05, 0) is 46.5 Å². The number of carbonyl (C=O) groups excluding carboxylic acids is 1. The van der Waals surface area contributed by atoms with Crippen molar-refractivity contribution in [1.29, 1.82) is 0 Å². The zero-order chi connectivity index (χ0) is 18.3. The molecule has 1 aromatic carbocycles. The molecule has 136 valence electrons. The van der Waals surface area contributed by atoms with Crippen LogP contribution in [0.3, 0.4) is 0 Å². The molecule has 0 aliphatic rings. The Morgan fingerprint density at radius 1 is 1.16 bits per heavy atom. The average molecular weight is 382 g/mol. The van der Waals surface area contributed by atoms with Crippen molar-refractivity contribution in [3.63, 3.8) is 0 Å². The molecule has 0 unspecified atom stereocenters. The first-order valence-electron chi connectivity index (χ1n) is 7.97. The van der Waals surface area contributed by atoms with Gasteiger partial charge in [-0.3, -0.25) is 4.79 Å². The summed E-state index contributed by atoms with van der Waals surface area (Å²) in [7, 11) is -1.57. The Hall–Kier alpha value is -1.70. The van der Waals surface area contributed by atoms with Crippen molar-refractivity contribution in [1.82, 2.24) is 4.90 Å². The smallest absolute Gasteiger partial charge is 0.223 e. The second-order valence-electron chi connectivity index (χ2n) is 5.86. The van der Waals surface area contributed by atoms with Gasteiger partial charge in [0.25, 0.3) is 0 Å². The van der Waals surface area contributed by atoms with Crippen LogP contribution in [0.4, 0.5) is 0 Å². The monoisotopic (exact) mass is 381 g/mol. The topological polar surface area (TPSA) is 63.7 Å². The van der Waals surface area contributed by atoms with Crippen molar-refractivity contribution in [2.75, 3.05) is 26.5 Å². The van der Waals surface area contributed by atoms with Gasteiger partial charge in [-0.15, -0.1) is 0 Å². The number of benzene rings is 1. The van der Waals surface area contributed by atoms with Gasteiger partial charge < -0.3 is 9.64 Å². The molecular weight excluding hydrogens is 358 g/mol. The summed E-state index contributed by atoms with van der Waals surface area (Å²) < 4.78 is 28.1. The minimum Gasteiger partial charge on any atom is -0.383 e. The molecule has 0 spiro atoms. The first kappa shape index (κ1) is 19.6. The number of nitrogens with zero attached hydrogens (tertiary/aromatic N) is 1. The molecule has 0 saturated carbocycles. The SMILES string of the molecule is COCCN(Cc1ccsc1)C(=O)CCc1ccc(S(C)(=O)=O)cc1. The minimum absolute atomic E-state index is 0.0652. The number of aryl methyl sites for hydroxylation is 1. The molecule has 0 bridgehead atoms. The normalized spacial score (nSPS) is 11.4. The fourth-order valence-electron chi connectivity index (χ4n) is 2.41. The fraction of sp³-hybridized carbons (Fsp3) is 0.389. The zero-order valence-corrected chi connectivity index (χ0v) is 16.1. The molecule has 0 radical (unpaired) electrons. The summed E-state index contributed by atoms with van der Waals surface area (Å²) in [5.41, 5.74) is 2.06. The second kappa shape index (κ2) is 9.12. The quantitative estimate of drug-likeness (QED) is 0.670. The number of rotatable bonds is 9. The number of methoxy groups -OCH3 is 1. The molecule has 0 aliphatic heterocycles. The summed E-state index contributed by atoms with van der Waals surface area (Å²) in [6, 6.07) is 8.72. The number of sulfone groups is 1. The number of thiophene rings is 1. The molecule has 1 amide bonds. The van der Waals surface area contributed by atoms with Crippen LogP contribution >= 0.6 is 11.3 Å². The van der Waals surface area contributed by atoms with Crippen LogP contribution in [0.1, 0.15) is 17.5 Å². The van der Waals surface area contributed by atoms with Crippen LogP contribution in [-0.4, -0.2) is 45.7 Å². The number of amides is 1. The van der Waals surface area contributed by atoms with Crippen LogP contribution in [0.2, 0.25) is 0 Å². The van der Waals surface area contributed by atoms with Crippen LogP contribution in [0.5, 0.6) is 0 Å². The predicted molar refractivity (Wildman–Crippen MR) is 99.5 cm³/mol. The first-order chi connectivity index (χ1) is 11.9. The van der Waals surface area contributed by atoms with Gasteiger partial charge in [0.05, 0.1) is 11.5 Å². The van der Waals surface area contributed by atoms with Crippen molar-refractivity contribution in [2.24, 2.45) is 0 Å². The highest BCUT2D eigenvalue weighted by atomic mass is 32.2. The summed E-state index contributed by atoms with van der Waals surface area (Å²) in [5, 5.41) is 4.04. The Balaban J connectivity index is 1.95. The van der Waals surface area contributed by atoms with Gasteiger partial charge in [0, 0.05) is 32.9 Å². The third-order valence-electron chi connectivity index (χ3n) is 3.85. The lowest BCUT2D eigenvalue weighted by Gasteiger charge is -2.22. The minimum atomic E-state index is -3.19. The highest BCUT2D eigenvalue weighted by Gasteiger charge is 2.14. The van der Waals surface area contributed by atoms with Gasteiger partial charge in [-0.25, -0.2) is 8.42 Å². The average Bonchev–Trinajstić information content (AvgIpc) is 3.09. The maximum atomic E-state index is 12.6. The van der Waals surface area contributed by atoms with Gasteiger partial charge >= 0.3 is 0 Å². The number of carbonyl (C=O) groups is 1. The molecule has 2 rings (SSSR count). The van der Waals surface area contributed by atoms with E-state index in [4.69, 9.17) is 4.74 Å². The van der Waals surface area contributed by atoms with Gasteiger partial charge in [0.15, 0.2) is 9.84 Å². The molecule has 0 aliphatic carbocycles. The lowest BCUT2D eigenvalue weighted by atomic mass is 10.1. The molecule has 1 aromatic heterocycles. The largest absolute Gasteiger partial charge is 0.383 e. The molecule has 5 nitrogen and oxygen atoms in total. The maximum Gasteiger partial charge on any atom is 0.223 e. The van der Waals surface area contributed by atoms with E-state index in [1.807, 2.05) is 16.8 Å². The summed E-state index contributed by atoms with van der Waals surface area (Å²) in [4.78, 5) is 14.6. The Kier molecular flexibility index (Phi) is 7.16. The van der Waals surface area contributed by atoms with Gasteiger partial charge in [-0.1, -0.05) is 12.1 Å². The van der Waals surface area contributed by atoms with E-state index in [1.54, 1.807) is 47.6 Å².